The molecule has 0 bridgehead atoms. The van der Waals surface area contributed by atoms with Crippen LogP contribution in [0.4, 0.5) is 4.79 Å². The molecule has 0 amide bonds. The predicted octanol–water partition coefficient (Wildman–Crippen LogP) is 2.49. The lowest BCUT2D eigenvalue weighted by Crippen LogP contribution is -2.18. The van der Waals surface area contributed by atoms with Crippen molar-refractivity contribution in [2.45, 2.75) is 20.0 Å². The second-order valence-electron chi connectivity index (χ2n) is 3.17. The Morgan fingerprint density at radius 1 is 1.64 bits per heavy atom. The summed E-state index contributed by atoms with van der Waals surface area (Å²) in [6, 6.07) is 1.92. The topological polar surface area (TPSA) is 44.1 Å². The van der Waals surface area contributed by atoms with Crippen LogP contribution in [0.3, 0.4) is 0 Å². The zero-order valence-corrected chi connectivity index (χ0v) is 8.75. The number of carbonyl (C=O) groups is 1. The van der Waals surface area contributed by atoms with E-state index in [0.717, 1.165) is 10.2 Å². The summed E-state index contributed by atoms with van der Waals surface area (Å²) in [4.78, 5) is 12.3. The fraction of sp³-hybridized carbons (Fsp3) is 0.333. The molecule has 0 N–H and O–H groups in total. The second kappa shape index (κ2) is 3.42. The van der Waals surface area contributed by atoms with Gasteiger partial charge in [-0.25, -0.2) is 4.79 Å². The van der Waals surface area contributed by atoms with Crippen molar-refractivity contribution >= 4 is 27.6 Å². The maximum atomic E-state index is 11.5. The van der Waals surface area contributed by atoms with Gasteiger partial charge >= 0.3 is 6.09 Å². The summed E-state index contributed by atoms with van der Waals surface area (Å²) in [6.45, 7) is 3.63. The van der Waals surface area contributed by atoms with Crippen LogP contribution in [-0.4, -0.2) is 22.0 Å². The molecule has 2 heterocycles. The first-order valence-electron chi connectivity index (χ1n) is 4.30. The Bertz CT molecular complexity index is 458. The minimum atomic E-state index is -0.419. The summed E-state index contributed by atoms with van der Waals surface area (Å²) in [6.07, 6.45) is 1.12. The van der Waals surface area contributed by atoms with Gasteiger partial charge in [-0.3, -0.25) is 0 Å². The molecule has 0 aliphatic heterocycles. The zero-order valence-electron chi connectivity index (χ0n) is 7.93. The van der Waals surface area contributed by atoms with Crippen LogP contribution in [0.15, 0.2) is 17.6 Å². The molecule has 0 unspecified atom stereocenters. The normalized spacial score (nSPS) is 11.1. The molecule has 0 atom stereocenters. The minimum Gasteiger partial charge on any atom is -0.445 e. The molecular weight excluding hydrogens is 200 g/mol. The van der Waals surface area contributed by atoms with E-state index in [1.165, 1.54) is 16.0 Å². The molecule has 0 saturated heterocycles. The van der Waals surface area contributed by atoms with Gasteiger partial charge < -0.3 is 4.74 Å². The van der Waals surface area contributed by atoms with Crippen molar-refractivity contribution in [3.8, 4) is 0 Å². The van der Waals surface area contributed by atoms with E-state index in [4.69, 9.17) is 4.74 Å². The lowest BCUT2D eigenvalue weighted by molar-refractivity contribution is 0.115. The molecule has 0 saturated carbocycles. The fourth-order valence-corrected chi connectivity index (χ4v) is 1.96. The number of thiophene rings is 1. The van der Waals surface area contributed by atoms with Gasteiger partial charge in [-0.2, -0.15) is 9.78 Å². The average Bonchev–Trinajstić information content (AvgIpc) is 2.59. The van der Waals surface area contributed by atoms with E-state index in [9.17, 15) is 4.79 Å². The summed E-state index contributed by atoms with van der Waals surface area (Å²) in [7, 11) is 0. The van der Waals surface area contributed by atoms with Crippen LogP contribution in [-0.2, 0) is 4.74 Å². The van der Waals surface area contributed by atoms with Crippen LogP contribution < -0.4 is 0 Å². The number of rotatable bonds is 1. The lowest BCUT2D eigenvalue weighted by Gasteiger charge is -2.06. The molecule has 0 spiro atoms. The first-order chi connectivity index (χ1) is 6.68. The molecule has 74 valence electrons. The maximum absolute atomic E-state index is 11.5. The molecule has 0 fully saturated rings. The quantitative estimate of drug-likeness (QED) is 0.726. The Hall–Kier alpha value is -1.36. The Morgan fingerprint density at radius 3 is 3.14 bits per heavy atom. The Morgan fingerprint density at radius 2 is 2.43 bits per heavy atom. The Labute approximate surface area is 85.1 Å². The molecule has 0 aromatic carbocycles. The number of aromatic nitrogens is 2. The molecule has 0 aliphatic carbocycles. The second-order valence-corrected chi connectivity index (χ2v) is 4.06. The number of ether oxygens (including phenoxy) is 1. The molecule has 2 rings (SSSR count). The van der Waals surface area contributed by atoms with Crippen LogP contribution in [0.5, 0.6) is 0 Å². The first kappa shape index (κ1) is 9.21. The molecule has 2 aromatic rings. The summed E-state index contributed by atoms with van der Waals surface area (Å²) >= 11 is 1.48. The van der Waals surface area contributed by atoms with E-state index in [1.807, 2.05) is 25.3 Å². The summed E-state index contributed by atoms with van der Waals surface area (Å²) < 4.78 is 6.33. The standard InChI is InChI=1S/C9H10N2O2S/c1-6(2)13-9(12)11-8-7(5-10-11)3-4-14-8/h3-6H,1-2H3. The number of carbonyl (C=O) groups excluding carboxylic acids is 1. The zero-order chi connectivity index (χ0) is 10.1. The van der Waals surface area contributed by atoms with Gasteiger partial charge in [0, 0.05) is 5.39 Å². The molecule has 0 radical (unpaired) electrons. The van der Waals surface area contributed by atoms with Gasteiger partial charge in [0.2, 0.25) is 0 Å². The SMILES string of the molecule is CC(C)OC(=O)n1ncc2ccsc21. The highest BCUT2D eigenvalue weighted by molar-refractivity contribution is 7.16. The molecule has 0 aliphatic rings. The summed E-state index contributed by atoms with van der Waals surface area (Å²) in [5.74, 6) is 0. The van der Waals surface area contributed by atoms with Crippen molar-refractivity contribution in [3.63, 3.8) is 0 Å². The van der Waals surface area contributed by atoms with Crippen molar-refractivity contribution in [3.05, 3.63) is 17.6 Å². The first-order valence-corrected chi connectivity index (χ1v) is 5.18. The van der Waals surface area contributed by atoms with E-state index < -0.39 is 6.09 Å². The van der Waals surface area contributed by atoms with E-state index in [2.05, 4.69) is 5.10 Å². The van der Waals surface area contributed by atoms with E-state index in [0.29, 0.717) is 0 Å². The summed E-state index contributed by atoms with van der Waals surface area (Å²) in [5.41, 5.74) is 0. The summed E-state index contributed by atoms with van der Waals surface area (Å²) in [5, 5.41) is 6.85. The van der Waals surface area contributed by atoms with Gasteiger partial charge in [0.1, 0.15) is 4.83 Å². The molecule has 5 heteroatoms. The highest BCUT2D eigenvalue weighted by Crippen LogP contribution is 2.20. The van der Waals surface area contributed by atoms with Gasteiger partial charge in [0.25, 0.3) is 0 Å². The molecule has 2 aromatic heterocycles. The Kier molecular flexibility index (Phi) is 2.25. The van der Waals surface area contributed by atoms with Crippen molar-refractivity contribution in [2.75, 3.05) is 0 Å². The van der Waals surface area contributed by atoms with Gasteiger partial charge in [0.15, 0.2) is 0 Å². The highest BCUT2D eigenvalue weighted by atomic mass is 32.1. The number of nitrogens with zero attached hydrogens (tertiary/aromatic N) is 2. The monoisotopic (exact) mass is 210 g/mol. The third-order valence-corrected chi connectivity index (χ3v) is 2.59. The molecule has 14 heavy (non-hydrogen) atoms. The van der Waals surface area contributed by atoms with Crippen LogP contribution in [0, 0.1) is 0 Å². The van der Waals surface area contributed by atoms with Crippen molar-refractivity contribution in [2.24, 2.45) is 0 Å². The van der Waals surface area contributed by atoms with Gasteiger partial charge in [-0.1, -0.05) is 0 Å². The molecular formula is C9H10N2O2S. The van der Waals surface area contributed by atoms with Crippen LogP contribution >= 0.6 is 11.3 Å². The predicted molar refractivity (Wildman–Crippen MR) is 54.6 cm³/mol. The smallest absolute Gasteiger partial charge is 0.436 e. The van der Waals surface area contributed by atoms with E-state index in [1.54, 1.807) is 6.20 Å². The van der Waals surface area contributed by atoms with Gasteiger partial charge in [-0.05, 0) is 25.3 Å². The van der Waals surface area contributed by atoms with Gasteiger partial charge in [0.05, 0.1) is 12.3 Å². The van der Waals surface area contributed by atoms with E-state index in [-0.39, 0.29) is 6.10 Å². The highest BCUT2D eigenvalue weighted by Gasteiger charge is 2.13. The van der Waals surface area contributed by atoms with E-state index >= 15 is 0 Å². The number of fused-ring (bicyclic) bond motifs is 1. The van der Waals surface area contributed by atoms with Crippen LogP contribution in [0.2, 0.25) is 0 Å². The van der Waals surface area contributed by atoms with Crippen molar-refractivity contribution < 1.29 is 9.53 Å². The molecule has 4 nitrogen and oxygen atoms in total. The van der Waals surface area contributed by atoms with Crippen molar-refractivity contribution in [1.29, 1.82) is 0 Å². The average molecular weight is 210 g/mol. The number of hydrogen-bond donors (Lipinski definition) is 0. The van der Waals surface area contributed by atoms with Crippen LogP contribution in [0.25, 0.3) is 10.2 Å². The fourth-order valence-electron chi connectivity index (χ4n) is 1.14. The van der Waals surface area contributed by atoms with Gasteiger partial charge in [-0.15, -0.1) is 11.3 Å². The number of hydrogen-bond acceptors (Lipinski definition) is 4. The Balaban J connectivity index is 2.34. The minimum absolute atomic E-state index is 0.123. The third-order valence-electron chi connectivity index (χ3n) is 1.69. The van der Waals surface area contributed by atoms with Crippen LogP contribution in [0.1, 0.15) is 13.8 Å². The largest absolute Gasteiger partial charge is 0.445 e. The third kappa shape index (κ3) is 1.50. The maximum Gasteiger partial charge on any atom is 0.436 e. The van der Waals surface area contributed by atoms with Crippen molar-refractivity contribution in [1.82, 2.24) is 9.78 Å². The lowest BCUT2D eigenvalue weighted by atomic mass is 10.5.